The lowest BCUT2D eigenvalue weighted by atomic mass is 10.0. The van der Waals surface area contributed by atoms with E-state index < -0.39 is 0 Å². The molecule has 4 N–H and O–H groups in total. The summed E-state index contributed by atoms with van der Waals surface area (Å²) in [5.74, 6) is 0. The standard InChI is InChI=1S/C11H24N2O2/c1-9(12)10(13)5-3-2-4-6-11-14-7-8-15-11/h9-11H,2-8,12-13H2,1H3. The maximum atomic E-state index is 5.85. The van der Waals surface area contributed by atoms with Crippen molar-refractivity contribution >= 4 is 0 Å². The van der Waals surface area contributed by atoms with Gasteiger partial charge in [-0.1, -0.05) is 12.8 Å². The Morgan fingerprint density at radius 2 is 1.80 bits per heavy atom. The third kappa shape index (κ3) is 5.47. The molecule has 0 aromatic rings. The number of rotatable bonds is 7. The Morgan fingerprint density at radius 3 is 2.40 bits per heavy atom. The summed E-state index contributed by atoms with van der Waals surface area (Å²) >= 11 is 0. The van der Waals surface area contributed by atoms with Crippen LogP contribution in [0.3, 0.4) is 0 Å². The van der Waals surface area contributed by atoms with Crippen molar-refractivity contribution in [3.8, 4) is 0 Å². The molecule has 0 radical (unpaired) electrons. The second-order valence-corrected chi connectivity index (χ2v) is 4.33. The van der Waals surface area contributed by atoms with E-state index in [-0.39, 0.29) is 18.4 Å². The first-order chi connectivity index (χ1) is 7.20. The third-order valence-electron chi connectivity index (χ3n) is 2.84. The summed E-state index contributed by atoms with van der Waals surface area (Å²) in [5.41, 5.74) is 11.5. The molecule has 4 heteroatoms. The first kappa shape index (κ1) is 12.9. The van der Waals surface area contributed by atoms with Gasteiger partial charge in [-0.2, -0.15) is 0 Å². The second kappa shape index (κ2) is 7.17. The minimum Gasteiger partial charge on any atom is -0.350 e. The normalized spacial score (nSPS) is 21.8. The lowest BCUT2D eigenvalue weighted by Gasteiger charge is -2.15. The summed E-state index contributed by atoms with van der Waals surface area (Å²) in [4.78, 5) is 0. The van der Waals surface area contributed by atoms with Gasteiger partial charge in [0.25, 0.3) is 0 Å². The summed E-state index contributed by atoms with van der Waals surface area (Å²) in [6.07, 6.45) is 5.56. The number of hydrogen-bond acceptors (Lipinski definition) is 4. The van der Waals surface area contributed by atoms with Crippen LogP contribution in [0, 0.1) is 0 Å². The van der Waals surface area contributed by atoms with E-state index in [1.165, 1.54) is 6.42 Å². The second-order valence-electron chi connectivity index (χ2n) is 4.33. The Morgan fingerprint density at radius 1 is 1.13 bits per heavy atom. The molecule has 90 valence electrons. The van der Waals surface area contributed by atoms with Crippen LogP contribution in [-0.2, 0) is 9.47 Å². The van der Waals surface area contributed by atoms with E-state index in [2.05, 4.69) is 0 Å². The van der Waals surface area contributed by atoms with E-state index in [4.69, 9.17) is 20.9 Å². The molecule has 15 heavy (non-hydrogen) atoms. The first-order valence-electron chi connectivity index (χ1n) is 5.94. The van der Waals surface area contributed by atoms with Gasteiger partial charge in [0.15, 0.2) is 6.29 Å². The van der Waals surface area contributed by atoms with Gasteiger partial charge in [-0.05, 0) is 26.2 Å². The van der Waals surface area contributed by atoms with E-state index in [1.54, 1.807) is 0 Å². The molecular formula is C11H24N2O2. The van der Waals surface area contributed by atoms with Crippen molar-refractivity contribution in [1.29, 1.82) is 0 Å². The summed E-state index contributed by atoms with van der Waals surface area (Å²) < 4.78 is 10.7. The van der Waals surface area contributed by atoms with E-state index in [1.807, 2.05) is 6.92 Å². The van der Waals surface area contributed by atoms with Crippen LogP contribution in [0.15, 0.2) is 0 Å². The van der Waals surface area contributed by atoms with Crippen LogP contribution in [0.5, 0.6) is 0 Å². The SMILES string of the molecule is CC(N)C(N)CCCCCC1OCCO1. The monoisotopic (exact) mass is 216 g/mol. The lowest BCUT2D eigenvalue weighted by molar-refractivity contribution is -0.0480. The molecule has 1 heterocycles. The summed E-state index contributed by atoms with van der Waals surface area (Å²) in [6, 6.07) is 0.246. The highest BCUT2D eigenvalue weighted by Gasteiger charge is 2.14. The molecule has 0 bridgehead atoms. The van der Waals surface area contributed by atoms with E-state index in [9.17, 15) is 0 Å². The quantitative estimate of drug-likeness (QED) is 0.622. The van der Waals surface area contributed by atoms with Crippen molar-refractivity contribution < 1.29 is 9.47 Å². The molecule has 4 nitrogen and oxygen atoms in total. The van der Waals surface area contributed by atoms with Crippen molar-refractivity contribution in [2.75, 3.05) is 13.2 Å². The molecule has 2 unspecified atom stereocenters. The van der Waals surface area contributed by atoms with Crippen molar-refractivity contribution in [2.45, 2.75) is 57.4 Å². The van der Waals surface area contributed by atoms with Gasteiger partial charge >= 0.3 is 0 Å². The van der Waals surface area contributed by atoms with Gasteiger partial charge < -0.3 is 20.9 Å². The highest BCUT2D eigenvalue weighted by Crippen LogP contribution is 2.13. The average Bonchev–Trinajstić information content (AvgIpc) is 2.69. The molecule has 0 aromatic carbocycles. The Kier molecular flexibility index (Phi) is 6.17. The fraction of sp³-hybridized carbons (Fsp3) is 1.00. The van der Waals surface area contributed by atoms with Crippen LogP contribution in [0.25, 0.3) is 0 Å². The molecule has 0 aromatic heterocycles. The van der Waals surface area contributed by atoms with Crippen molar-refractivity contribution in [3.05, 3.63) is 0 Å². The van der Waals surface area contributed by atoms with Gasteiger partial charge in [0, 0.05) is 12.1 Å². The van der Waals surface area contributed by atoms with Gasteiger partial charge in [-0.15, -0.1) is 0 Å². The van der Waals surface area contributed by atoms with E-state index in [0.29, 0.717) is 0 Å². The topological polar surface area (TPSA) is 70.5 Å². The molecular weight excluding hydrogens is 192 g/mol. The number of unbranched alkanes of at least 4 members (excludes halogenated alkanes) is 2. The smallest absolute Gasteiger partial charge is 0.157 e. The molecule has 1 aliphatic rings. The van der Waals surface area contributed by atoms with Crippen LogP contribution in [0.1, 0.15) is 39.0 Å². The fourth-order valence-electron chi connectivity index (χ4n) is 1.70. The largest absolute Gasteiger partial charge is 0.350 e. The molecule has 1 rings (SSSR count). The molecule has 0 saturated carbocycles. The third-order valence-corrected chi connectivity index (χ3v) is 2.84. The predicted octanol–water partition coefficient (Wildman–Crippen LogP) is 0.984. The number of ether oxygens (including phenoxy) is 2. The molecule has 0 aliphatic carbocycles. The Labute approximate surface area is 92.3 Å². The minimum atomic E-state index is 0.0482. The number of nitrogens with two attached hydrogens (primary N) is 2. The van der Waals surface area contributed by atoms with Crippen LogP contribution >= 0.6 is 0 Å². The molecule has 1 saturated heterocycles. The van der Waals surface area contributed by atoms with Crippen LogP contribution in [0.2, 0.25) is 0 Å². The van der Waals surface area contributed by atoms with Gasteiger partial charge in [-0.3, -0.25) is 0 Å². The predicted molar refractivity (Wildman–Crippen MR) is 60.4 cm³/mol. The Balaban J connectivity index is 1.88. The highest BCUT2D eigenvalue weighted by molar-refractivity contribution is 4.70. The molecule has 0 amide bonds. The molecule has 1 aliphatic heterocycles. The zero-order valence-corrected chi connectivity index (χ0v) is 9.65. The van der Waals surface area contributed by atoms with Crippen molar-refractivity contribution in [2.24, 2.45) is 11.5 Å². The maximum Gasteiger partial charge on any atom is 0.157 e. The maximum absolute atomic E-state index is 5.85. The van der Waals surface area contributed by atoms with Crippen molar-refractivity contribution in [1.82, 2.24) is 0 Å². The number of hydrogen-bond donors (Lipinski definition) is 2. The van der Waals surface area contributed by atoms with E-state index >= 15 is 0 Å². The molecule has 1 fully saturated rings. The first-order valence-corrected chi connectivity index (χ1v) is 5.94. The van der Waals surface area contributed by atoms with Crippen LogP contribution in [-0.4, -0.2) is 31.6 Å². The summed E-state index contributed by atoms with van der Waals surface area (Å²) in [5, 5.41) is 0. The van der Waals surface area contributed by atoms with Crippen LogP contribution in [0.4, 0.5) is 0 Å². The molecule has 2 atom stereocenters. The summed E-state index contributed by atoms with van der Waals surface area (Å²) in [6.45, 7) is 3.46. The van der Waals surface area contributed by atoms with Gasteiger partial charge in [0.2, 0.25) is 0 Å². The average molecular weight is 216 g/mol. The Hall–Kier alpha value is -0.160. The minimum absolute atomic E-state index is 0.0482. The van der Waals surface area contributed by atoms with Crippen LogP contribution < -0.4 is 11.5 Å². The van der Waals surface area contributed by atoms with Gasteiger partial charge in [0.05, 0.1) is 13.2 Å². The fourth-order valence-corrected chi connectivity index (χ4v) is 1.70. The molecule has 0 spiro atoms. The van der Waals surface area contributed by atoms with E-state index in [0.717, 1.165) is 38.9 Å². The zero-order chi connectivity index (χ0) is 11.1. The summed E-state index contributed by atoms with van der Waals surface area (Å²) in [7, 11) is 0. The highest BCUT2D eigenvalue weighted by atomic mass is 16.7. The van der Waals surface area contributed by atoms with Gasteiger partial charge in [0.1, 0.15) is 0 Å². The Bertz CT molecular complexity index is 155. The van der Waals surface area contributed by atoms with Gasteiger partial charge in [-0.25, -0.2) is 0 Å². The van der Waals surface area contributed by atoms with Crippen molar-refractivity contribution in [3.63, 3.8) is 0 Å². The zero-order valence-electron chi connectivity index (χ0n) is 9.65. The lowest BCUT2D eigenvalue weighted by Crippen LogP contribution is -2.38.